The first kappa shape index (κ1) is 11.4. The molecule has 0 spiro atoms. The molecule has 14 heavy (non-hydrogen) atoms. The molecule has 0 aliphatic carbocycles. The third-order valence-corrected chi connectivity index (χ3v) is 2.62. The predicted octanol–water partition coefficient (Wildman–Crippen LogP) is 0.236. The Kier molecular flexibility index (Phi) is 3.80. The van der Waals surface area contributed by atoms with Crippen LogP contribution < -0.4 is 10.2 Å². The van der Waals surface area contributed by atoms with Gasteiger partial charge in [0, 0.05) is 4.90 Å². The van der Waals surface area contributed by atoms with E-state index in [4.69, 9.17) is 14.8 Å². The first-order valence-electron chi connectivity index (χ1n) is 3.88. The fraction of sp³-hybridized carbons (Fsp3) is 0.250. The van der Waals surface area contributed by atoms with Gasteiger partial charge in [-0.2, -0.15) is 0 Å². The van der Waals surface area contributed by atoms with Crippen LogP contribution in [-0.2, 0) is 0 Å². The molecule has 0 amide bonds. The summed E-state index contributed by atoms with van der Waals surface area (Å²) >= 11 is 1.10. The van der Waals surface area contributed by atoms with Crippen LogP contribution in [-0.4, -0.2) is 30.5 Å². The molecule has 1 rings (SSSR count). The number of halogens is 1. The fourth-order valence-electron chi connectivity index (χ4n) is 1.12. The van der Waals surface area contributed by atoms with Gasteiger partial charge in [0.15, 0.2) is 11.6 Å². The van der Waals surface area contributed by atoms with Gasteiger partial charge in [-0.25, -0.2) is 4.39 Å². The van der Waals surface area contributed by atoms with Crippen molar-refractivity contribution >= 4 is 24.3 Å². The molecule has 0 heterocycles. The molecule has 0 bridgehead atoms. The molecule has 76 valence electrons. The minimum atomic E-state index is -1.67. The van der Waals surface area contributed by atoms with Crippen molar-refractivity contribution in [3.8, 4) is 5.75 Å². The molecule has 0 unspecified atom stereocenters. The van der Waals surface area contributed by atoms with Gasteiger partial charge in [0.1, 0.15) is 0 Å². The number of rotatable bonds is 3. The van der Waals surface area contributed by atoms with Gasteiger partial charge in [-0.05, 0) is 17.8 Å². The molecule has 0 aromatic heterocycles. The van der Waals surface area contributed by atoms with E-state index in [-0.39, 0.29) is 16.1 Å². The first-order valence-corrected chi connectivity index (χ1v) is 5.10. The van der Waals surface area contributed by atoms with Gasteiger partial charge in [0.2, 0.25) is 0 Å². The summed E-state index contributed by atoms with van der Waals surface area (Å²) in [6, 6.07) is 2.79. The largest absolute Gasteiger partial charge is 0.494 e. The molecular formula is C8H10BFO3S. The molecular weight excluding hydrogens is 206 g/mol. The van der Waals surface area contributed by atoms with Gasteiger partial charge in [-0.1, -0.05) is 6.07 Å². The summed E-state index contributed by atoms with van der Waals surface area (Å²) < 4.78 is 18.3. The van der Waals surface area contributed by atoms with E-state index in [1.807, 2.05) is 0 Å². The molecule has 0 saturated carbocycles. The summed E-state index contributed by atoms with van der Waals surface area (Å²) in [4.78, 5) is 0.194. The van der Waals surface area contributed by atoms with Crippen molar-refractivity contribution in [2.24, 2.45) is 0 Å². The van der Waals surface area contributed by atoms with Crippen LogP contribution >= 0.6 is 11.8 Å². The normalized spacial score (nSPS) is 10.1. The van der Waals surface area contributed by atoms with Crippen molar-refractivity contribution in [2.75, 3.05) is 13.4 Å². The van der Waals surface area contributed by atoms with Crippen molar-refractivity contribution in [3.05, 3.63) is 17.9 Å². The van der Waals surface area contributed by atoms with Crippen molar-refractivity contribution in [2.45, 2.75) is 4.90 Å². The maximum absolute atomic E-state index is 13.5. The van der Waals surface area contributed by atoms with Crippen LogP contribution in [0.2, 0.25) is 0 Å². The summed E-state index contributed by atoms with van der Waals surface area (Å²) in [6.07, 6.45) is 1.66. The average molecular weight is 216 g/mol. The highest BCUT2D eigenvalue weighted by Crippen LogP contribution is 2.25. The van der Waals surface area contributed by atoms with Crippen LogP contribution in [0.5, 0.6) is 5.75 Å². The second-order valence-corrected chi connectivity index (χ2v) is 3.39. The minimum Gasteiger partial charge on any atom is -0.494 e. The first-order chi connectivity index (χ1) is 6.61. The highest BCUT2D eigenvalue weighted by molar-refractivity contribution is 7.98. The van der Waals surface area contributed by atoms with Gasteiger partial charge in [-0.15, -0.1) is 11.8 Å². The standard InChI is InChI=1S/C8H10BFO3S/c1-13-6-4-3-5(9(11)12)8(14-2)7(6)10/h3-4,11-12H,1-2H3. The lowest BCUT2D eigenvalue weighted by Gasteiger charge is -2.10. The molecule has 3 nitrogen and oxygen atoms in total. The third-order valence-electron chi connectivity index (χ3n) is 1.79. The summed E-state index contributed by atoms with van der Waals surface area (Å²) in [5, 5.41) is 17.9. The molecule has 1 aromatic rings. The van der Waals surface area contributed by atoms with Crippen molar-refractivity contribution in [3.63, 3.8) is 0 Å². The van der Waals surface area contributed by atoms with Gasteiger partial charge in [-0.3, -0.25) is 0 Å². The van der Waals surface area contributed by atoms with Crippen LogP contribution in [0.1, 0.15) is 0 Å². The predicted molar refractivity (Wildman–Crippen MR) is 54.6 cm³/mol. The minimum absolute atomic E-state index is 0.0961. The number of hydrogen-bond acceptors (Lipinski definition) is 4. The zero-order valence-corrected chi connectivity index (χ0v) is 8.64. The van der Waals surface area contributed by atoms with Gasteiger partial charge in [0.25, 0.3) is 0 Å². The number of ether oxygens (including phenoxy) is 1. The van der Waals surface area contributed by atoms with Gasteiger partial charge >= 0.3 is 7.12 Å². The topological polar surface area (TPSA) is 49.7 Å². The zero-order valence-electron chi connectivity index (χ0n) is 7.82. The number of thioether (sulfide) groups is 1. The second kappa shape index (κ2) is 4.68. The lowest BCUT2D eigenvalue weighted by Crippen LogP contribution is -2.32. The second-order valence-electron chi connectivity index (χ2n) is 2.58. The van der Waals surface area contributed by atoms with Crippen molar-refractivity contribution in [1.82, 2.24) is 0 Å². The Morgan fingerprint density at radius 2 is 2.07 bits per heavy atom. The molecule has 1 aromatic carbocycles. The Morgan fingerprint density at radius 1 is 1.43 bits per heavy atom. The molecule has 6 heteroatoms. The lowest BCUT2D eigenvalue weighted by molar-refractivity contribution is 0.381. The van der Waals surface area contributed by atoms with E-state index in [9.17, 15) is 4.39 Å². The van der Waals surface area contributed by atoms with Crippen LogP contribution in [0.15, 0.2) is 17.0 Å². The fourth-order valence-corrected chi connectivity index (χ4v) is 1.81. The quantitative estimate of drug-likeness (QED) is 0.561. The van der Waals surface area contributed by atoms with Crippen LogP contribution in [0.3, 0.4) is 0 Å². The SMILES string of the molecule is COc1ccc(B(O)O)c(SC)c1F. The Morgan fingerprint density at radius 3 is 2.50 bits per heavy atom. The maximum Gasteiger partial charge on any atom is 0.489 e. The van der Waals surface area contributed by atoms with Gasteiger partial charge in [0.05, 0.1) is 7.11 Å². The molecule has 2 N–H and O–H groups in total. The Balaban J connectivity index is 3.28. The van der Waals surface area contributed by atoms with E-state index < -0.39 is 12.9 Å². The van der Waals surface area contributed by atoms with Crippen LogP contribution in [0, 0.1) is 5.82 Å². The molecule has 0 atom stereocenters. The summed E-state index contributed by atoms with van der Waals surface area (Å²) in [6.45, 7) is 0. The van der Waals surface area contributed by atoms with E-state index in [0.717, 1.165) is 11.8 Å². The molecule has 0 saturated heterocycles. The molecule has 0 aliphatic rings. The molecule has 0 radical (unpaired) electrons. The lowest BCUT2D eigenvalue weighted by atomic mass is 9.80. The maximum atomic E-state index is 13.5. The van der Waals surface area contributed by atoms with Crippen molar-refractivity contribution < 1.29 is 19.2 Å². The van der Waals surface area contributed by atoms with Crippen molar-refractivity contribution in [1.29, 1.82) is 0 Å². The van der Waals surface area contributed by atoms with E-state index in [1.165, 1.54) is 19.2 Å². The van der Waals surface area contributed by atoms with Gasteiger partial charge < -0.3 is 14.8 Å². The summed E-state index contributed by atoms with van der Waals surface area (Å²) in [5.41, 5.74) is 0.149. The highest BCUT2D eigenvalue weighted by Gasteiger charge is 2.21. The molecule has 0 aliphatic heterocycles. The summed E-state index contributed by atoms with van der Waals surface area (Å²) in [5.74, 6) is -0.468. The van der Waals surface area contributed by atoms with Crippen LogP contribution in [0.25, 0.3) is 0 Å². The Bertz CT molecular complexity index is 333. The van der Waals surface area contributed by atoms with E-state index in [1.54, 1.807) is 6.26 Å². The Labute approximate surface area is 86.0 Å². The van der Waals surface area contributed by atoms with E-state index in [2.05, 4.69) is 0 Å². The number of benzene rings is 1. The highest BCUT2D eigenvalue weighted by atomic mass is 32.2. The third kappa shape index (κ3) is 2.02. The number of methoxy groups -OCH3 is 1. The summed E-state index contributed by atoms with van der Waals surface area (Å²) in [7, 11) is -0.310. The molecule has 0 fully saturated rings. The monoisotopic (exact) mass is 216 g/mol. The zero-order chi connectivity index (χ0) is 10.7. The average Bonchev–Trinajstić information content (AvgIpc) is 2.17. The van der Waals surface area contributed by atoms with Crippen LogP contribution in [0.4, 0.5) is 4.39 Å². The van der Waals surface area contributed by atoms with E-state index in [0.29, 0.717) is 0 Å². The smallest absolute Gasteiger partial charge is 0.489 e. The Hall–Kier alpha value is -0.715. The number of hydrogen-bond donors (Lipinski definition) is 2. The van der Waals surface area contributed by atoms with E-state index >= 15 is 0 Å².